The summed E-state index contributed by atoms with van der Waals surface area (Å²) < 4.78 is 6.04. The quantitative estimate of drug-likeness (QED) is 0.314. The molecule has 1 saturated heterocycles. The second kappa shape index (κ2) is 9.21. The number of amides is 2. The molecule has 3 heterocycles. The number of nitrogens with one attached hydrogen (secondary N) is 1. The highest BCUT2D eigenvalue weighted by Gasteiger charge is 2.69. The van der Waals surface area contributed by atoms with Gasteiger partial charge in [-0.3, -0.25) is 19.3 Å². The molecule has 1 N–H and O–H groups in total. The van der Waals surface area contributed by atoms with Crippen LogP contribution in [0.4, 0.5) is 5.69 Å². The molecular weight excluding hydrogens is 540 g/mol. The fraction of sp³-hybridized carbons (Fsp3) is 0.281. The van der Waals surface area contributed by atoms with Crippen LogP contribution < -0.4 is 14.5 Å². The lowest BCUT2D eigenvalue weighted by molar-refractivity contribution is -0.123. The van der Waals surface area contributed by atoms with Gasteiger partial charge in [-0.1, -0.05) is 72.0 Å². The largest absolute Gasteiger partial charge is 0.489 e. The number of thioether (sulfide) groups is 1. The third-order valence-corrected chi connectivity index (χ3v) is 11.8. The number of para-hydroxylation sites is 1. The summed E-state index contributed by atoms with van der Waals surface area (Å²) in [6.45, 7) is 0.495. The van der Waals surface area contributed by atoms with Crippen molar-refractivity contribution in [3.05, 3.63) is 111 Å². The van der Waals surface area contributed by atoms with E-state index in [1.54, 1.807) is 11.8 Å². The number of imide groups is 1. The van der Waals surface area contributed by atoms with Crippen LogP contribution in [0.2, 0.25) is 0 Å². The van der Waals surface area contributed by atoms with Crippen molar-refractivity contribution in [2.45, 2.75) is 29.2 Å². The number of rotatable bonds is 5. The molecular formula is C32H26N2O4S2. The van der Waals surface area contributed by atoms with Gasteiger partial charge in [-0.25, -0.2) is 0 Å². The molecule has 0 spiro atoms. The number of nitrogens with zero attached hydrogens (tertiary/aromatic N) is 1. The smallest absolute Gasteiger partial charge is 0.305 e. The predicted molar refractivity (Wildman–Crippen MR) is 155 cm³/mol. The summed E-state index contributed by atoms with van der Waals surface area (Å²) in [6.07, 6.45) is 0.881. The molecule has 2 bridgehead atoms. The van der Waals surface area contributed by atoms with Gasteiger partial charge in [-0.15, -0.1) is 11.8 Å². The number of carbonyl (C=O) groups excluding carboxylic acids is 2. The van der Waals surface area contributed by atoms with Crippen LogP contribution in [-0.2, 0) is 16.2 Å². The molecule has 2 aliphatic heterocycles. The lowest BCUT2D eigenvalue weighted by atomic mass is 9.68. The molecule has 3 aromatic carbocycles. The molecule has 0 radical (unpaired) electrons. The first-order chi connectivity index (χ1) is 19.6. The molecule has 2 aliphatic carbocycles. The summed E-state index contributed by atoms with van der Waals surface area (Å²) in [5.74, 6) is 0.476. The summed E-state index contributed by atoms with van der Waals surface area (Å²) in [6, 6.07) is 27.6. The number of H-pyrrole nitrogens is 1. The van der Waals surface area contributed by atoms with Gasteiger partial charge in [0.1, 0.15) is 12.4 Å². The first-order valence-electron chi connectivity index (χ1n) is 13.7. The van der Waals surface area contributed by atoms with Crippen molar-refractivity contribution in [2.24, 2.45) is 29.6 Å². The Kier molecular flexibility index (Phi) is 5.57. The SMILES string of the molecule is O=C1C2C(C(=O)N1c1ccccc1)[C@@H]1C[C@H]2C2Sc3[nH]c(=O)sc3C(c3ccc(OCc4ccccc4)cc3)C21. The van der Waals surface area contributed by atoms with Gasteiger partial charge in [0, 0.05) is 16.0 Å². The number of aromatic amines is 1. The zero-order chi connectivity index (χ0) is 27.0. The van der Waals surface area contributed by atoms with Gasteiger partial charge in [-0.2, -0.15) is 0 Å². The van der Waals surface area contributed by atoms with Crippen LogP contribution in [0.15, 0.2) is 94.7 Å². The van der Waals surface area contributed by atoms with Crippen LogP contribution >= 0.6 is 23.1 Å². The summed E-state index contributed by atoms with van der Waals surface area (Å²) >= 11 is 3.00. The van der Waals surface area contributed by atoms with Crippen molar-refractivity contribution >= 4 is 40.6 Å². The minimum atomic E-state index is -0.298. The van der Waals surface area contributed by atoms with E-state index in [1.165, 1.54) is 16.2 Å². The van der Waals surface area contributed by atoms with Crippen LogP contribution in [-0.4, -0.2) is 22.0 Å². The second-order valence-electron chi connectivity index (χ2n) is 11.2. The van der Waals surface area contributed by atoms with Crippen LogP contribution in [0.25, 0.3) is 0 Å². The van der Waals surface area contributed by atoms with E-state index >= 15 is 0 Å². The zero-order valence-corrected chi connectivity index (χ0v) is 23.1. The lowest BCUT2D eigenvalue weighted by Crippen LogP contribution is -2.42. The molecule has 4 aromatic rings. The average molecular weight is 567 g/mol. The van der Waals surface area contributed by atoms with Crippen LogP contribution in [0, 0.1) is 29.6 Å². The lowest BCUT2D eigenvalue weighted by Gasteiger charge is -2.43. The van der Waals surface area contributed by atoms with E-state index in [4.69, 9.17) is 4.74 Å². The van der Waals surface area contributed by atoms with E-state index in [9.17, 15) is 14.4 Å². The van der Waals surface area contributed by atoms with Crippen molar-refractivity contribution in [3.63, 3.8) is 0 Å². The van der Waals surface area contributed by atoms with Crippen molar-refractivity contribution in [1.82, 2.24) is 4.98 Å². The average Bonchev–Trinajstić information content (AvgIpc) is 3.72. The third kappa shape index (κ3) is 3.58. The number of hydrogen-bond donors (Lipinski definition) is 1. The molecule has 40 heavy (non-hydrogen) atoms. The Bertz CT molecular complexity index is 1670. The summed E-state index contributed by atoms with van der Waals surface area (Å²) in [4.78, 5) is 45.5. The van der Waals surface area contributed by atoms with Gasteiger partial charge in [0.25, 0.3) is 0 Å². The molecule has 6 nitrogen and oxygen atoms in total. The van der Waals surface area contributed by atoms with Crippen LogP contribution in [0.5, 0.6) is 5.75 Å². The second-order valence-corrected chi connectivity index (χ2v) is 13.4. The topological polar surface area (TPSA) is 79.5 Å². The maximum absolute atomic E-state index is 13.8. The van der Waals surface area contributed by atoms with Gasteiger partial charge in [0.05, 0.1) is 22.5 Å². The summed E-state index contributed by atoms with van der Waals surface area (Å²) in [7, 11) is 0. The van der Waals surface area contributed by atoms with Crippen molar-refractivity contribution in [3.8, 4) is 5.75 Å². The number of thiazole rings is 1. The molecule has 200 valence electrons. The van der Waals surface area contributed by atoms with Crippen molar-refractivity contribution in [1.29, 1.82) is 0 Å². The standard InChI is InChI=1S/C32H26N2O4S2/c35-30-25-21-15-22(26(25)31(36)34(30)19-9-5-2-6-10-19)27-24(21)23(28-29(39-27)33-32(37)40-28)18-11-13-20(14-12-18)38-16-17-7-3-1-4-8-17/h1-14,21-27H,15-16H2,(H,33,37)/t21-,22-,23?,24?,25?,26?,27?/m1/s1. The molecule has 8 heteroatoms. The molecule has 1 aromatic heterocycles. The fourth-order valence-electron chi connectivity index (χ4n) is 7.73. The van der Waals surface area contributed by atoms with E-state index in [1.807, 2.05) is 72.8 Å². The number of benzene rings is 3. The molecule has 4 aliphatic rings. The molecule has 7 atom stereocenters. The highest BCUT2D eigenvalue weighted by Crippen LogP contribution is 2.68. The number of aromatic nitrogens is 1. The zero-order valence-electron chi connectivity index (χ0n) is 21.4. The van der Waals surface area contributed by atoms with Crippen molar-refractivity contribution in [2.75, 3.05) is 4.90 Å². The van der Waals surface area contributed by atoms with E-state index in [2.05, 4.69) is 17.1 Å². The summed E-state index contributed by atoms with van der Waals surface area (Å²) in [5, 5.41) is 1.10. The van der Waals surface area contributed by atoms with Gasteiger partial charge in [0.2, 0.25) is 11.8 Å². The monoisotopic (exact) mass is 566 g/mol. The first-order valence-corrected chi connectivity index (χ1v) is 15.4. The maximum atomic E-state index is 13.8. The Morgan fingerprint density at radius 1 is 0.825 bits per heavy atom. The highest BCUT2D eigenvalue weighted by atomic mass is 32.2. The van der Waals surface area contributed by atoms with E-state index in [0.29, 0.717) is 12.3 Å². The molecule has 8 rings (SSSR count). The highest BCUT2D eigenvalue weighted by molar-refractivity contribution is 8.00. The number of carbonyl (C=O) groups is 2. The third-order valence-electron chi connectivity index (χ3n) is 9.23. The van der Waals surface area contributed by atoms with Gasteiger partial charge < -0.3 is 9.72 Å². The van der Waals surface area contributed by atoms with Gasteiger partial charge in [-0.05, 0) is 59.6 Å². The summed E-state index contributed by atoms with van der Waals surface area (Å²) in [5.41, 5.74) is 2.89. The Morgan fingerprint density at radius 2 is 1.50 bits per heavy atom. The minimum Gasteiger partial charge on any atom is -0.489 e. The van der Waals surface area contributed by atoms with E-state index in [0.717, 1.165) is 33.2 Å². The number of anilines is 1. The normalized spacial score (nSPS) is 29.8. The molecule has 3 fully saturated rings. The Balaban J connectivity index is 1.13. The Morgan fingerprint density at radius 3 is 2.23 bits per heavy atom. The Hall–Kier alpha value is -3.62. The van der Waals surface area contributed by atoms with E-state index in [-0.39, 0.29) is 57.4 Å². The van der Waals surface area contributed by atoms with Gasteiger partial charge >= 0.3 is 4.87 Å². The van der Waals surface area contributed by atoms with Crippen LogP contribution in [0.1, 0.15) is 28.3 Å². The number of hydrogen-bond acceptors (Lipinski definition) is 6. The number of fused-ring (bicyclic) bond motifs is 9. The molecule has 5 unspecified atom stereocenters. The predicted octanol–water partition coefficient (Wildman–Crippen LogP) is 5.69. The molecule has 2 saturated carbocycles. The number of ether oxygens (including phenoxy) is 1. The Labute approximate surface area is 239 Å². The molecule has 2 amide bonds. The van der Waals surface area contributed by atoms with Crippen LogP contribution in [0.3, 0.4) is 0 Å². The maximum Gasteiger partial charge on any atom is 0.305 e. The van der Waals surface area contributed by atoms with Crippen molar-refractivity contribution < 1.29 is 14.3 Å². The fourth-order valence-corrected chi connectivity index (χ4v) is 10.6. The van der Waals surface area contributed by atoms with E-state index < -0.39 is 0 Å². The first kappa shape index (κ1) is 24.2. The minimum absolute atomic E-state index is 0.00185. The van der Waals surface area contributed by atoms with Gasteiger partial charge in [0.15, 0.2) is 0 Å².